The zero-order valence-corrected chi connectivity index (χ0v) is 23.3. The number of thioether (sulfide) groups is 1. The van der Waals surface area contributed by atoms with Gasteiger partial charge in [-0.15, -0.1) is 10.2 Å². The lowest BCUT2D eigenvalue weighted by Gasteiger charge is -2.14. The van der Waals surface area contributed by atoms with E-state index in [1.165, 1.54) is 20.3 Å². The van der Waals surface area contributed by atoms with E-state index in [1.807, 2.05) is 36.4 Å². The molecular formula is C26H20ClIN2O6S. The molecule has 1 heterocycles. The van der Waals surface area contributed by atoms with Gasteiger partial charge in [0.25, 0.3) is 11.1 Å². The molecule has 1 N–H and O–H groups in total. The fourth-order valence-corrected chi connectivity index (χ4v) is 4.91. The van der Waals surface area contributed by atoms with E-state index in [1.54, 1.807) is 24.3 Å². The zero-order chi connectivity index (χ0) is 26.4. The van der Waals surface area contributed by atoms with E-state index >= 15 is 0 Å². The van der Waals surface area contributed by atoms with E-state index in [-0.39, 0.29) is 16.0 Å². The molecule has 0 unspecified atom stereocenters. The Balaban J connectivity index is 1.58. The largest absolute Gasteiger partial charge is 0.496 e. The first-order valence-corrected chi connectivity index (χ1v) is 13.0. The number of methoxy groups -OCH3 is 2. The maximum Gasteiger partial charge on any atom is 0.342 e. The number of hydrogen-bond donors (Lipinski definition) is 1. The number of nitrogens with zero attached hydrogens (tertiary/aromatic N) is 2. The molecule has 0 radical (unpaired) electrons. The van der Waals surface area contributed by atoms with Crippen molar-refractivity contribution in [1.29, 1.82) is 0 Å². The molecule has 4 rings (SSSR count). The van der Waals surface area contributed by atoms with Crippen LogP contribution in [0.15, 0.2) is 75.2 Å². The molecule has 1 aromatic heterocycles. The van der Waals surface area contributed by atoms with Crippen LogP contribution in [0.2, 0.25) is 5.02 Å². The minimum Gasteiger partial charge on any atom is -0.496 e. The molecule has 0 amide bonds. The first-order chi connectivity index (χ1) is 17.9. The van der Waals surface area contributed by atoms with Crippen LogP contribution in [0.4, 0.5) is 0 Å². The Morgan fingerprint density at radius 1 is 1.08 bits per heavy atom. The molecule has 4 aromatic rings. The third kappa shape index (κ3) is 6.76. The number of carboxylic acids is 1. The number of benzene rings is 3. The van der Waals surface area contributed by atoms with E-state index in [4.69, 9.17) is 30.2 Å². The highest BCUT2D eigenvalue weighted by Crippen LogP contribution is 2.38. The second-order valence-electron chi connectivity index (χ2n) is 7.44. The Kier molecular flexibility index (Phi) is 8.95. The second kappa shape index (κ2) is 12.3. The summed E-state index contributed by atoms with van der Waals surface area (Å²) in [6.07, 6.45) is 1.50. The van der Waals surface area contributed by atoms with E-state index < -0.39 is 5.97 Å². The Hall–Kier alpha value is -3.22. The highest BCUT2D eigenvalue weighted by atomic mass is 127. The van der Waals surface area contributed by atoms with Crippen molar-refractivity contribution >= 4 is 58.0 Å². The predicted octanol–water partition coefficient (Wildman–Crippen LogP) is 6.81. The van der Waals surface area contributed by atoms with E-state index in [0.29, 0.717) is 40.0 Å². The maximum absolute atomic E-state index is 12.0. The predicted molar refractivity (Wildman–Crippen MR) is 149 cm³/mol. The highest BCUT2D eigenvalue weighted by Gasteiger charge is 2.19. The molecule has 0 bridgehead atoms. The maximum atomic E-state index is 12.0. The normalized spacial score (nSPS) is 11.3. The standard InChI is InChI=1S/C26H20ClIN2O6S/c1-33-20-9-8-17(27)13-18(20)24-29-30-26(36-24)37-22(25(31)32)12-16-10-19(28)23(21(11-16)34-2)35-14-15-6-4-3-5-7-15/h3-13H,14H2,1-2H3,(H,31,32)/b22-12-. The molecule has 0 atom stereocenters. The van der Waals surface area contributed by atoms with Crippen LogP contribution in [0.5, 0.6) is 17.2 Å². The molecule has 0 aliphatic rings. The topological polar surface area (TPSA) is 104 Å². The van der Waals surface area contributed by atoms with Crippen LogP contribution in [0, 0.1) is 3.57 Å². The van der Waals surface area contributed by atoms with Gasteiger partial charge in [0.1, 0.15) is 17.3 Å². The number of carboxylic acid groups (broad SMARTS) is 1. The average molecular weight is 651 g/mol. The van der Waals surface area contributed by atoms with Crippen molar-refractivity contribution in [2.24, 2.45) is 0 Å². The van der Waals surface area contributed by atoms with Gasteiger partial charge in [0.15, 0.2) is 11.5 Å². The summed E-state index contributed by atoms with van der Waals surface area (Å²) in [6.45, 7) is 0.371. The quantitative estimate of drug-likeness (QED) is 0.113. The van der Waals surface area contributed by atoms with Crippen LogP contribution in [0.3, 0.4) is 0 Å². The number of hydrogen-bond acceptors (Lipinski definition) is 8. The average Bonchev–Trinajstić information content (AvgIpc) is 3.36. The lowest BCUT2D eigenvalue weighted by molar-refractivity contribution is -0.131. The third-order valence-corrected chi connectivity index (χ3v) is 6.87. The van der Waals surface area contributed by atoms with Gasteiger partial charge in [0, 0.05) is 5.02 Å². The fraction of sp³-hybridized carbons (Fsp3) is 0.115. The van der Waals surface area contributed by atoms with Crippen molar-refractivity contribution in [3.8, 4) is 28.7 Å². The van der Waals surface area contributed by atoms with Gasteiger partial charge in [-0.1, -0.05) is 41.9 Å². The number of halogens is 2. The summed E-state index contributed by atoms with van der Waals surface area (Å²) in [7, 11) is 3.04. The van der Waals surface area contributed by atoms with Gasteiger partial charge in [0.2, 0.25) is 0 Å². The SMILES string of the molecule is COc1ccc(Cl)cc1-c1nnc(S/C(=C\c2cc(I)c(OCc3ccccc3)c(OC)c2)C(=O)O)o1. The zero-order valence-electron chi connectivity index (χ0n) is 19.6. The Bertz CT molecular complexity index is 1440. The van der Waals surface area contributed by atoms with Gasteiger partial charge < -0.3 is 23.7 Å². The van der Waals surface area contributed by atoms with Crippen molar-refractivity contribution in [1.82, 2.24) is 10.2 Å². The van der Waals surface area contributed by atoms with E-state index in [2.05, 4.69) is 32.8 Å². The van der Waals surface area contributed by atoms with E-state index in [0.717, 1.165) is 20.9 Å². The molecule has 3 aromatic carbocycles. The Labute approximate surface area is 235 Å². The molecule has 0 aliphatic carbocycles. The summed E-state index contributed by atoms with van der Waals surface area (Å²) >= 11 is 9.05. The molecular weight excluding hydrogens is 631 g/mol. The summed E-state index contributed by atoms with van der Waals surface area (Å²) in [5, 5.41) is 18.3. The molecule has 0 fully saturated rings. The van der Waals surface area contributed by atoms with Crippen LogP contribution in [0.25, 0.3) is 17.5 Å². The number of aliphatic carboxylic acids is 1. The van der Waals surface area contributed by atoms with Crippen LogP contribution >= 0.6 is 46.0 Å². The van der Waals surface area contributed by atoms with Gasteiger partial charge in [-0.3, -0.25) is 0 Å². The van der Waals surface area contributed by atoms with Crippen molar-refractivity contribution in [2.45, 2.75) is 11.8 Å². The smallest absolute Gasteiger partial charge is 0.342 e. The molecule has 0 saturated heterocycles. The van der Waals surface area contributed by atoms with Crippen LogP contribution in [-0.2, 0) is 11.4 Å². The summed E-state index contributed by atoms with van der Waals surface area (Å²) in [4.78, 5) is 12.0. The number of aromatic nitrogens is 2. The van der Waals surface area contributed by atoms with Gasteiger partial charge in [-0.2, -0.15) is 0 Å². The molecule has 0 aliphatic heterocycles. The summed E-state index contributed by atoms with van der Waals surface area (Å²) < 4.78 is 23.3. The van der Waals surface area contributed by atoms with Gasteiger partial charge >= 0.3 is 5.97 Å². The number of ether oxygens (including phenoxy) is 3. The molecule has 8 nitrogen and oxygen atoms in total. The van der Waals surface area contributed by atoms with Gasteiger partial charge in [0.05, 0.1) is 23.4 Å². The lowest BCUT2D eigenvalue weighted by atomic mass is 10.2. The molecule has 190 valence electrons. The first-order valence-electron chi connectivity index (χ1n) is 10.7. The lowest BCUT2D eigenvalue weighted by Crippen LogP contribution is -2.01. The molecule has 11 heteroatoms. The van der Waals surface area contributed by atoms with Crippen molar-refractivity contribution in [2.75, 3.05) is 14.2 Å². The summed E-state index contributed by atoms with van der Waals surface area (Å²) in [5.74, 6) is 0.559. The van der Waals surface area contributed by atoms with Crippen LogP contribution in [0.1, 0.15) is 11.1 Å². The van der Waals surface area contributed by atoms with Gasteiger partial charge in [-0.05, 0) is 81.9 Å². The van der Waals surface area contributed by atoms with E-state index in [9.17, 15) is 9.90 Å². The van der Waals surface area contributed by atoms with Crippen molar-refractivity contribution in [3.05, 3.63) is 85.3 Å². The second-order valence-corrected chi connectivity index (χ2v) is 10.0. The Morgan fingerprint density at radius 3 is 2.54 bits per heavy atom. The highest BCUT2D eigenvalue weighted by molar-refractivity contribution is 14.1. The monoisotopic (exact) mass is 650 g/mol. The number of rotatable bonds is 10. The van der Waals surface area contributed by atoms with Crippen molar-refractivity contribution < 1.29 is 28.5 Å². The van der Waals surface area contributed by atoms with Gasteiger partial charge in [-0.25, -0.2) is 4.79 Å². The summed E-state index contributed by atoms with van der Waals surface area (Å²) in [5.41, 5.74) is 2.12. The van der Waals surface area contributed by atoms with Crippen LogP contribution < -0.4 is 14.2 Å². The minimum absolute atomic E-state index is 0.0240. The molecule has 0 saturated carbocycles. The molecule has 37 heavy (non-hydrogen) atoms. The third-order valence-electron chi connectivity index (χ3n) is 4.98. The minimum atomic E-state index is -1.15. The Morgan fingerprint density at radius 2 is 1.84 bits per heavy atom. The number of carbonyl (C=O) groups is 1. The fourth-order valence-electron chi connectivity index (χ4n) is 3.28. The summed E-state index contributed by atoms with van der Waals surface area (Å²) in [6, 6.07) is 18.3. The van der Waals surface area contributed by atoms with Crippen LogP contribution in [-0.4, -0.2) is 35.5 Å². The first kappa shape index (κ1) is 26.8. The molecule has 0 spiro atoms. The van der Waals surface area contributed by atoms with Crippen molar-refractivity contribution in [3.63, 3.8) is 0 Å².